The Morgan fingerprint density at radius 3 is 2.82 bits per heavy atom. The van der Waals surface area contributed by atoms with Crippen LogP contribution in [0.25, 0.3) is 0 Å². The number of carbonyl (C=O) groups excluding carboxylic acids is 1. The van der Waals surface area contributed by atoms with E-state index in [0.717, 1.165) is 16.1 Å². The fraction of sp³-hybridized carbons (Fsp3) is 0.312. The highest BCUT2D eigenvalue weighted by atomic mass is 32.1. The standard InChI is InChI=1S/C16H20N2O3S/c1-12-5-2-3-6-13(12)18-16(20)17-11-14(21-9-8-19)15-7-4-10-22-15/h2-7,10,14,19H,8-9,11H2,1H3,(H2,17,18,20)/t14-/m0/s1. The van der Waals surface area contributed by atoms with Crippen LogP contribution < -0.4 is 10.6 Å². The summed E-state index contributed by atoms with van der Waals surface area (Å²) in [6.45, 7) is 2.48. The van der Waals surface area contributed by atoms with Crippen molar-refractivity contribution in [2.24, 2.45) is 0 Å². The smallest absolute Gasteiger partial charge is 0.319 e. The van der Waals surface area contributed by atoms with Crippen LogP contribution in [0.15, 0.2) is 41.8 Å². The molecule has 2 rings (SSSR count). The molecule has 0 saturated carbocycles. The quantitative estimate of drug-likeness (QED) is 0.734. The average Bonchev–Trinajstić information content (AvgIpc) is 3.04. The Kier molecular flexibility index (Phi) is 6.39. The third kappa shape index (κ3) is 4.84. The zero-order valence-corrected chi connectivity index (χ0v) is 13.2. The average molecular weight is 320 g/mol. The SMILES string of the molecule is Cc1ccccc1NC(=O)NC[C@H](OCCO)c1cccs1. The molecule has 1 atom stereocenters. The van der Waals surface area contributed by atoms with E-state index in [4.69, 9.17) is 9.84 Å². The van der Waals surface area contributed by atoms with Gasteiger partial charge in [-0.15, -0.1) is 11.3 Å². The Balaban J connectivity index is 1.89. The van der Waals surface area contributed by atoms with E-state index in [1.165, 1.54) is 0 Å². The number of aryl methyl sites for hydroxylation is 1. The second-order valence-corrected chi connectivity index (χ2v) is 5.73. The number of carbonyl (C=O) groups is 1. The van der Waals surface area contributed by atoms with Crippen molar-refractivity contribution in [2.45, 2.75) is 13.0 Å². The zero-order valence-electron chi connectivity index (χ0n) is 12.4. The van der Waals surface area contributed by atoms with Crippen molar-refractivity contribution in [1.82, 2.24) is 5.32 Å². The van der Waals surface area contributed by atoms with Crippen molar-refractivity contribution in [1.29, 1.82) is 0 Å². The van der Waals surface area contributed by atoms with Crippen molar-refractivity contribution in [2.75, 3.05) is 25.1 Å². The van der Waals surface area contributed by atoms with E-state index in [1.54, 1.807) is 11.3 Å². The first-order valence-electron chi connectivity index (χ1n) is 7.07. The molecule has 0 fully saturated rings. The van der Waals surface area contributed by atoms with Gasteiger partial charge < -0.3 is 20.5 Å². The van der Waals surface area contributed by atoms with Gasteiger partial charge in [-0.2, -0.15) is 0 Å². The molecule has 5 nitrogen and oxygen atoms in total. The maximum Gasteiger partial charge on any atom is 0.319 e. The number of aliphatic hydroxyl groups is 1. The molecule has 2 aromatic rings. The normalized spacial score (nSPS) is 11.9. The number of hydrogen-bond acceptors (Lipinski definition) is 4. The van der Waals surface area contributed by atoms with E-state index in [9.17, 15) is 4.79 Å². The Morgan fingerprint density at radius 2 is 2.14 bits per heavy atom. The van der Waals surface area contributed by atoms with Crippen LogP contribution in [0.1, 0.15) is 16.5 Å². The lowest BCUT2D eigenvalue weighted by Gasteiger charge is -2.17. The van der Waals surface area contributed by atoms with Crippen LogP contribution in [-0.4, -0.2) is 30.9 Å². The molecule has 1 aromatic carbocycles. The monoisotopic (exact) mass is 320 g/mol. The van der Waals surface area contributed by atoms with Crippen molar-refractivity contribution in [3.05, 3.63) is 52.2 Å². The molecule has 22 heavy (non-hydrogen) atoms. The lowest BCUT2D eigenvalue weighted by molar-refractivity contribution is 0.0316. The lowest BCUT2D eigenvalue weighted by Crippen LogP contribution is -2.33. The van der Waals surface area contributed by atoms with E-state index in [1.807, 2.05) is 48.7 Å². The second-order valence-electron chi connectivity index (χ2n) is 4.75. The van der Waals surface area contributed by atoms with Gasteiger partial charge in [-0.3, -0.25) is 0 Å². The van der Waals surface area contributed by atoms with Gasteiger partial charge in [-0.25, -0.2) is 4.79 Å². The van der Waals surface area contributed by atoms with Crippen molar-refractivity contribution in [3.8, 4) is 0 Å². The van der Waals surface area contributed by atoms with Gasteiger partial charge in [-0.05, 0) is 30.0 Å². The number of urea groups is 1. The molecule has 0 aliphatic carbocycles. The number of para-hydroxylation sites is 1. The number of nitrogens with one attached hydrogen (secondary N) is 2. The lowest BCUT2D eigenvalue weighted by atomic mass is 10.2. The summed E-state index contributed by atoms with van der Waals surface area (Å²) < 4.78 is 5.58. The third-order valence-corrected chi connectivity index (χ3v) is 4.08. The summed E-state index contributed by atoms with van der Waals surface area (Å²) in [4.78, 5) is 13.0. The van der Waals surface area contributed by atoms with Crippen LogP contribution in [0, 0.1) is 6.92 Å². The van der Waals surface area contributed by atoms with Crippen LogP contribution in [0.3, 0.4) is 0 Å². The minimum atomic E-state index is -0.275. The molecular formula is C16H20N2O3S. The predicted molar refractivity (Wildman–Crippen MR) is 88.3 cm³/mol. The summed E-state index contributed by atoms with van der Waals surface area (Å²) in [5.41, 5.74) is 1.79. The first-order chi connectivity index (χ1) is 10.7. The molecule has 0 unspecified atom stereocenters. The van der Waals surface area contributed by atoms with Gasteiger partial charge in [0.15, 0.2) is 0 Å². The Morgan fingerprint density at radius 1 is 1.32 bits per heavy atom. The number of ether oxygens (including phenoxy) is 1. The van der Waals surface area contributed by atoms with Crippen LogP contribution in [-0.2, 0) is 4.74 Å². The summed E-state index contributed by atoms with van der Waals surface area (Å²) in [5, 5.41) is 16.5. The number of thiophene rings is 1. The highest BCUT2D eigenvalue weighted by molar-refractivity contribution is 7.10. The summed E-state index contributed by atoms with van der Waals surface area (Å²) in [6.07, 6.45) is -0.255. The van der Waals surface area contributed by atoms with E-state index < -0.39 is 0 Å². The van der Waals surface area contributed by atoms with Gasteiger partial charge in [0, 0.05) is 10.6 Å². The number of hydrogen-bond donors (Lipinski definition) is 3. The van der Waals surface area contributed by atoms with Crippen LogP contribution in [0.4, 0.5) is 10.5 Å². The molecule has 6 heteroatoms. The first-order valence-corrected chi connectivity index (χ1v) is 7.95. The molecule has 0 saturated heterocycles. The molecular weight excluding hydrogens is 300 g/mol. The van der Waals surface area contributed by atoms with Crippen LogP contribution >= 0.6 is 11.3 Å². The maximum atomic E-state index is 12.0. The van der Waals surface area contributed by atoms with Gasteiger partial charge in [0.2, 0.25) is 0 Å². The van der Waals surface area contributed by atoms with Gasteiger partial charge in [0.1, 0.15) is 6.10 Å². The van der Waals surface area contributed by atoms with Crippen molar-refractivity contribution < 1.29 is 14.6 Å². The fourth-order valence-electron chi connectivity index (χ4n) is 1.98. The molecule has 0 aliphatic heterocycles. The number of anilines is 1. The summed E-state index contributed by atoms with van der Waals surface area (Å²) >= 11 is 1.56. The molecule has 0 spiro atoms. The summed E-state index contributed by atoms with van der Waals surface area (Å²) in [7, 11) is 0. The van der Waals surface area contributed by atoms with Crippen molar-refractivity contribution in [3.63, 3.8) is 0 Å². The number of rotatable bonds is 7. The van der Waals surface area contributed by atoms with Gasteiger partial charge in [0.05, 0.1) is 19.8 Å². The first kappa shape index (κ1) is 16.5. The Labute approximate surface area is 133 Å². The van der Waals surface area contributed by atoms with E-state index in [2.05, 4.69) is 10.6 Å². The highest BCUT2D eigenvalue weighted by Gasteiger charge is 2.14. The number of benzene rings is 1. The topological polar surface area (TPSA) is 70.6 Å². The molecule has 2 amide bonds. The third-order valence-electron chi connectivity index (χ3n) is 3.11. The largest absolute Gasteiger partial charge is 0.394 e. The Hall–Kier alpha value is -1.89. The minimum absolute atomic E-state index is 0.0444. The van der Waals surface area contributed by atoms with Crippen molar-refractivity contribution >= 4 is 23.1 Å². The molecule has 1 heterocycles. The summed E-state index contributed by atoms with van der Waals surface area (Å²) in [5.74, 6) is 0. The maximum absolute atomic E-state index is 12.0. The fourth-order valence-corrected chi connectivity index (χ4v) is 2.75. The number of aliphatic hydroxyl groups excluding tert-OH is 1. The molecule has 1 aromatic heterocycles. The van der Waals surface area contributed by atoms with E-state index in [0.29, 0.717) is 6.54 Å². The molecule has 118 valence electrons. The predicted octanol–water partition coefficient (Wildman–Crippen LogP) is 2.93. The van der Waals surface area contributed by atoms with Gasteiger partial charge >= 0.3 is 6.03 Å². The minimum Gasteiger partial charge on any atom is -0.394 e. The number of amides is 2. The van der Waals surface area contributed by atoms with Crippen LogP contribution in [0.2, 0.25) is 0 Å². The molecule has 3 N–H and O–H groups in total. The highest BCUT2D eigenvalue weighted by Crippen LogP contribution is 2.22. The van der Waals surface area contributed by atoms with Crippen LogP contribution in [0.5, 0.6) is 0 Å². The zero-order chi connectivity index (χ0) is 15.8. The molecule has 0 bridgehead atoms. The van der Waals surface area contributed by atoms with Gasteiger partial charge in [-0.1, -0.05) is 24.3 Å². The summed E-state index contributed by atoms with van der Waals surface area (Å²) in [6, 6.07) is 11.2. The second kappa shape index (κ2) is 8.53. The van der Waals surface area contributed by atoms with E-state index >= 15 is 0 Å². The van der Waals surface area contributed by atoms with E-state index in [-0.39, 0.29) is 25.3 Å². The Bertz CT molecular complexity index is 587. The van der Waals surface area contributed by atoms with Gasteiger partial charge in [0.25, 0.3) is 0 Å². The molecule has 0 radical (unpaired) electrons. The molecule has 0 aliphatic rings.